The summed E-state index contributed by atoms with van der Waals surface area (Å²) in [6, 6.07) is 0.0899. The summed E-state index contributed by atoms with van der Waals surface area (Å²) in [4.78, 5) is 24.4. The van der Waals surface area contributed by atoms with E-state index in [0.717, 1.165) is 0 Å². The molecule has 0 aliphatic carbocycles. The number of rotatable bonds is 1. The highest BCUT2D eigenvalue weighted by Crippen LogP contribution is 2.16. The minimum atomic E-state index is -0.114. The molecule has 3 amide bonds. The van der Waals surface area contributed by atoms with Gasteiger partial charge in [-0.3, -0.25) is 4.79 Å². The third-order valence-electron chi connectivity index (χ3n) is 2.76. The minimum Gasteiger partial charge on any atom is -0.338 e. The molecular formula is C9H15N3O2. The Kier molecular flexibility index (Phi) is 2.09. The maximum atomic E-state index is 11.6. The van der Waals surface area contributed by atoms with Crippen LogP contribution in [-0.2, 0) is 4.79 Å². The summed E-state index contributed by atoms with van der Waals surface area (Å²) in [5.74, 6) is 0.194. The summed E-state index contributed by atoms with van der Waals surface area (Å²) in [7, 11) is 0. The van der Waals surface area contributed by atoms with Gasteiger partial charge in [-0.2, -0.15) is 0 Å². The number of carbonyl (C=O) groups excluding carboxylic acids is 2. The minimum absolute atomic E-state index is 0.0320. The second kappa shape index (κ2) is 3.15. The quantitative estimate of drug-likeness (QED) is 0.597. The van der Waals surface area contributed by atoms with Crippen LogP contribution in [0.4, 0.5) is 4.79 Å². The Bertz CT molecular complexity index is 261. The Hall–Kier alpha value is -1.26. The Morgan fingerprint density at radius 3 is 2.29 bits per heavy atom. The van der Waals surface area contributed by atoms with Crippen molar-refractivity contribution in [1.82, 2.24) is 15.5 Å². The molecule has 0 spiro atoms. The second-order valence-corrected chi connectivity index (χ2v) is 4.23. The first-order valence-corrected chi connectivity index (χ1v) is 4.93. The zero-order valence-corrected chi connectivity index (χ0v) is 8.41. The number of hydrogen-bond donors (Lipinski definition) is 2. The van der Waals surface area contributed by atoms with Crippen molar-refractivity contribution < 1.29 is 9.59 Å². The van der Waals surface area contributed by atoms with Gasteiger partial charge in [-0.15, -0.1) is 0 Å². The monoisotopic (exact) mass is 197 g/mol. The van der Waals surface area contributed by atoms with E-state index < -0.39 is 0 Å². The van der Waals surface area contributed by atoms with Gasteiger partial charge >= 0.3 is 6.03 Å². The van der Waals surface area contributed by atoms with Crippen LogP contribution in [0.15, 0.2) is 0 Å². The fourth-order valence-corrected chi connectivity index (χ4v) is 2.02. The molecule has 0 aromatic heterocycles. The van der Waals surface area contributed by atoms with Gasteiger partial charge in [0.25, 0.3) is 0 Å². The van der Waals surface area contributed by atoms with Crippen molar-refractivity contribution in [1.29, 1.82) is 0 Å². The molecule has 2 atom stereocenters. The molecule has 2 heterocycles. The summed E-state index contributed by atoms with van der Waals surface area (Å²) in [5, 5.41) is 5.59. The first-order valence-electron chi connectivity index (χ1n) is 4.93. The van der Waals surface area contributed by atoms with Crippen LogP contribution in [-0.4, -0.2) is 42.0 Å². The van der Waals surface area contributed by atoms with Crippen molar-refractivity contribution in [2.45, 2.75) is 25.9 Å². The number of likely N-dealkylation sites (tertiary alicyclic amines) is 1. The van der Waals surface area contributed by atoms with Gasteiger partial charge in [0.15, 0.2) is 0 Å². The van der Waals surface area contributed by atoms with Gasteiger partial charge in [0, 0.05) is 19.0 Å². The first-order chi connectivity index (χ1) is 6.58. The first kappa shape index (κ1) is 9.30. The number of hydrogen-bond acceptors (Lipinski definition) is 2. The summed E-state index contributed by atoms with van der Waals surface area (Å²) in [6.07, 6.45) is 0. The van der Waals surface area contributed by atoms with Crippen LogP contribution >= 0.6 is 0 Å². The molecule has 14 heavy (non-hydrogen) atoms. The topological polar surface area (TPSA) is 61.4 Å². The van der Waals surface area contributed by atoms with Crippen molar-refractivity contribution in [3.63, 3.8) is 0 Å². The fourth-order valence-electron chi connectivity index (χ4n) is 2.02. The normalized spacial score (nSPS) is 30.2. The van der Waals surface area contributed by atoms with Crippen molar-refractivity contribution in [3.8, 4) is 0 Å². The van der Waals surface area contributed by atoms with E-state index in [1.807, 2.05) is 18.7 Å². The number of carbonyl (C=O) groups is 2. The van der Waals surface area contributed by atoms with Crippen molar-refractivity contribution in [2.75, 3.05) is 13.1 Å². The molecule has 78 valence electrons. The number of amides is 3. The van der Waals surface area contributed by atoms with Crippen LogP contribution in [0.1, 0.15) is 13.8 Å². The maximum Gasteiger partial charge on any atom is 0.315 e. The predicted octanol–water partition coefficient (Wildman–Crippen LogP) is -0.465. The van der Waals surface area contributed by atoms with Gasteiger partial charge in [0.2, 0.25) is 5.91 Å². The van der Waals surface area contributed by atoms with E-state index in [-0.39, 0.29) is 29.9 Å². The lowest BCUT2D eigenvalue weighted by molar-refractivity contribution is -0.133. The van der Waals surface area contributed by atoms with Crippen molar-refractivity contribution >= 4 is 11.9 Å². The Morgan fingerprint density at radius 1 is 1.36 bits per heavy atom. The van der Waals surface area contributed by atoms with E-state index in [0.29, 0.717) is 13.1 Å². The molecule has 2 aliphatic heterocycles. The molecule has 2 N–H and O–H groups in total. The highest BCUT2D eigenvalue weighted by atomic mass is 16.2. The number of nitrogens with one attached hydrogen (secondary N) is 2. The highest BCUT2D eigenvalue weighted by Gasteiger charge is 2.41. The predicted molar refractivity (Wildman–Crippen MR) is 50.7 cm³/mol. The molecular weight excluding hydrogens is 182 g/mol. The fraction of sp³-hybridized carbons (Fsp3) is 0.778. The smallest absolute Gasteiger partial charge is 0.315 e. The van der Waals surface area contributed by atoms with Crippen LogP contribution in [0.3, 0.4) is 0 Å². The largest absolute Gasteiger partial charge is 0.338 e. The lowest BCUT2D eigenvalue weighted by Crippen LogP contribution is -2.39. The van der Waals surface area contributed by atoms with Gasteiger partial charge in [-0.1, -0.05) is 13.8 Å². The van der Waals surface area contributed by atoms with E-state index in [4.69, 9.17) is 0 Å². The molecule has 0 aromatic rings. The molecule has 0 aromatic carbocycles. The van der Waals surface area contributed by atoms with E-state index in [1.165, 1.54) is 0 Å². The van der Waals surface area contributed by atoms with Gasteiger partial charge in [0.05, 0.1) is 12.1 Å². The van der Waals surface area contributed by atoms with Crippen LogP contribution < -0.4 is 10.6 Å². The van der Waals surface area contributed by atoms with Gasteiger partial charge in [-0.05, 0) is 0 Å². The zero-order chi connectivity index (χ0) is 10.3. The van der Waals surface area contributed by atoms with E-state index >= 15 is 0 Å². The summed E-state index contributed by atoms with van der Waals surface area (Å²) in [6.45, 7) is 5.06. The molecule has 0 bridgehead atoms. The Morgan fingerprint density at radius 2 is 1.86 bits per heavy atom. The summed E-state index contributed by atoms with van der Waals surface area (Å²) >= 11 is 0. The number of fused-ring (bicyclic) bond motifs is 1. The highest BCUT2D eigenvalue weighted by molar-refractivity contribution is 5.81. The summed E-state index contributed by atoms with van der Waals surface area (Å²) < 4.78 is 0. The molecule has 2 aliphatic rings. The Labute approximate surface area is 82.8 Å². The van der Waals surface area contributed by atoms with Crippen LogP contribution in [0.5, 0.6) is 0 Å². The Balaban J connectivity index is 1.97. The van der Waals surface area contributed by atoms with Gasteiger partial charge in [0.1, 0.15) is 0 Å². The number of urea groups is 1. The molecule has 2 rings (SSSR count). The molecule has 0 saturated carbocycles. The standard InChI is InChI=1S/C9H15N3O2/c1-5(2)8(13)12-3-6-7(4-12)11-9(14)10-6/h5-7H,3-4H2,1-2H3,(H2,10,11,14). The number of nitrogens with zero attached hydrogens (tertiary/aromatic N) is 1. The average Bonchev–Trinajstić information content (AvgIpc) is 2.59. The summed E-state index contributed by atoms with van der Waals surface area (Å²) in [5.41, 5.74) is 0. The molecule has 2 unspecified atom stereocenters. The lowest BCUT2D eigenvalue weighted by Gasteiger charge is -2.19. The van der Waals surface area contributed by atoms with Crippen LogP contribution in [0.25, 0.3) is 0 Å². The van der Waals surface area contributed by atoms with Crippen LogP contribution in [0, 0.1) is 5.92 Å². The van der Waals surface area contributed by atoms with E-state index in [9.17, 15) is 9.59 Å². The SMILES string of the molecule is CC(C)C(=O)N1CC2NC(=O)NC2C1. The zero-order valence-electron chi connectivity index (χ0n) is 8.41. The van der Waals surface area contributed by atoms with E-state index in [1.54, 1.807) is 0 Å². The second-order valence-electron chi connectivity index (χ2n) is 4.23. The lowest BCUT2D eigenvalue weighted by atomic mass is 10.2. The van der Waals surface area contributed by atoms with Crippen molar-refractivity contribution in [2.24, 2.45) is 5.92 Å². The van der Waals surface area contributed by atoms with E-state index in [2.05, 4.69) is 10.6 Å². The maximum absolute atomic E-state index is 11.6. The molecule has 2 saturated heterocycles. The molecule has 5 nitrogen and oxygen atoms in total. The van der Waals surface area contributed by atoms with Crippen molar-refractivity contribution in [3.05, 3.63) is 0 Å². The molecule has 0 radical (unpaired) electrons. The molecule has 5 heteroatoms. The van der Waals surface area contributed by atoms with Gasteiger partial charge in [-0.25, -0.2) is 4.79 Å². The van der Waals surface area contributed by atoms with Gasteiger partial charge < -0.3 is 15.5 Å². The van der Waals surface area contributed by atoms with Crippen LogP contribution in [0.2, 0.25) is 0 Å². The third-order valence-corrected chi connectivity index (χ3v) is 2.76. The third kappa shape index (κ3) is 1.42. The molecule has 2 fully saturated rings. The average molecular weight is 197 g/mol.